The van der Waals surface area contributed by atoms with Crippen LogP contribution >= 0.6 is 24.0 Å². The third-order valence-electron chi connectivity index (χ3n) is 5.91. The zero-order chi connectivity index (χ0) is 19.1. The van der Waals surface area contributed by atoms with Gasteiger partial charge in [0.15, 0.2) is 5.96 Å². The Morgan fingerprint density at radius 2 is 1.96 bits per heavy atom. The number of nitrogens with one attached hydrogen (secondary N) is 3. The summed E-state index contributed by atoms with van der Waals surface area (Å²) in [4.78, 5) is 10.3. The Bertz CT molecular complexity index is 746. The molecule has 5 nitrogen and oxygen atoms in total. The van der Waals surface area contributed by atoms with Crippen LogP contribution < -0.4 is 10.6 Å². The number of piperidine rings is 1. The first-order chi connectivity index (χ1) is 13.2. The van der Waals surface area contributed by atoms with Crippen molar-refractivity contribution in [2.45, 2.75) is 39.5 Å². The second-order valence-electron chi connectivity index (χ2n) is 7.65. The van der Waals surface area contributed by atoms with Crippen LogP contribution in [0.5, 0.6) is 0 Å². The smallest absolute Gasteiger partial charge is 0.190 e. The number of halogens is 1. The fourth-order valence-electron chi connectivity index (χ4n) is 4.17. The lowest BCUT2D eigenvalue weighted by Gasteiger charge is -2.31. The first-order valence-corrected chi connectivity index (χ1v) is 10.4. The summed E-state index contributed by atoms with van der Waals surface area (Å²) in [6, 6.07) is 6.43. The Labute approximate surface area is 186 Å². The summed E-state index contributed by atoms with van der Waals surface area (Å²) >= 11 is 0. The molecule has 156 valence electrons. The average molecular weight is 497 g/mol. The number of hydrogen-bond acceptors (Lipinski definition) is 2. The molecular formula is C22H36IN5. The molecule has 1 aromatic carbocycles. The van der Waals surface area contributed by atoms with Crippen LogP contribution in [0.2, 0.25) is 0 Å². The average Bonchev–Trinajstić information content (AvgIpc) is 3.12. The van der Waals surface area contributed by atoms with Gasteiger partial charge in [-0.2, -0.15) is 0 Å². The van der Waals surface area contributed by atoms with E-state index in [9.17, 15) is 0 Å². The van der Waals surface area contributed by atoms with Gasteiger partial charge in [0.05, 0.1) is 0 Å². The van der Waals surface area contributed by atoms with Crippen molar-refractivity contribution < 1.29 is 0 Å². The van der Waals surface area contributed by atoms with Crippen LogP contribution in [0.25, 0.3) is 10.9 Å². The molecule has 0 aliphatic carbocycles. The largest absolute Gasteiger partial charge is 0.361 e. The van der Waals surface area contributed by atoms with Crippen LogP contribution in [-0.2, 0) is 6.42 Å². The Hall–Kier alpha value is -1.28. The number of aliphatic imine (C=N–C) groups is 1. The Morgan fingerprint density at radius 3 is 2.68 bits per heavy atom. The number of nitrogens with zero attached hydrogens (tertiary/aromatic N) is 2. The number of aromatic amines is 1. The number of rotatable bonds is 7. The van der Waals surface area contributed by atoms with Crippen molar-refractivity contribution in [3.8, 4) is 0 Å². The van der Waals surface area contributed by atoms with Gasteiger partial charge in [-0.15, -0.1) is 24.0 Å². The van der Waals surface area contributed by atoms with Gasteiger partial charge < -0.3 is 20.5 Å². The Morgan fingerprint density at radius 1 is 1.21 bits per heavy atom. The summed E-state index contributed by atoms with van der Waals surface area (Å²) < 4.78 is 0. The maximum Gasteiger partial charge on any atom is 0.190 e. The predicted octanol–water partition coefficient (Wildman–Crippen LogP) is 3.92. The molecule has 1 saturated heterocycles. The molecule has 0 bridgehead atoms. The molecule has 1 fully saturated rings. The zero-order valence-electron chi connectivity index (χ0n) is 17.6. The van der Waals surface area contributed by atoms with E-state index in [0.717, 1.165) is 31.4 Å². The molecule has 2 aromatic rings. The van der Waals surface area contributed by atoms with Gasteiger partial charge in [0.25, 0.3) is 0 Å². The monoisotopic (exact) mass is 497 g/mol. The summed E-state index contributed by atoms with van der Waals surface area (Å²) in [7, 11) is 1.85. The maximum atomic E-state index is 4.37. The van der Waals surface area contributed by atoms with Gasteiger partial charge in [-0.1, -0.05) is 19.1 Å². The number of hydrogen-bond donors (Lipinski definition) is 3. The number of benzene rings is 1. The minimum Gasteiger partial charge on any atom is -0.361 e. The molecule has 0 saturated carbocycles. The highest BCUT2D eigenvalue weighted by atomic mass is 127. The fraction of sp³-hybridized carbons (Fsp3) is 0.591. The fourth-order valence-corrected chi connectivity index (χ4v) is 4.17. The van der Waals surface area contributed by atoms with Crippen LogP contribution in [-0.4, -0.2) is 55.6 Å². The zero-order valence-corrected chi connectivity index (χ0v) is 19.9. The first kappa shape index (κ1) is 23.0. The number of aromatic nitrogens is 1. The van der Waals surface area contributed by atoms with E-state index in [0.29, 0.717) is 0 Å². The van der Waals surface area contributed by atoms with Crippen molar-refractivity contribution in [1.29, 1.82) is 0 Å². The van der Waals surface area contributed by atoms with E-state index in [1.54, 1.807) is 0 Å². The first-order valence-electron chi connectivity index (χ1n) is 10.4. The van der Waals surface area contributed by atoms with Crippen molar-refractivity contribution in [2.75, 3.05) is 39.8 Å². The number of guanidine groups is 1. The van der Waals surface area contributed by atoms with Crippen LogP contribution in [0.1, 0.15) is 37.3 Å². The van der Waals surface area contributed by atoms with E-state index in [4.69, 9.17) is 0 Å². The Balaban J connectivity index is 0.00000280. The van der Waals surface area contributed by atoms with Crippen LogP contribution in [0, 0.1) is 12.8 Å². The molecule has 0 spiro atoms. The normalized spacial score (nSPS) is 16.2. The molecular weight excluding hydrogens is 461 g/mol. The number of H-pyrrole nitrogens is 1. The van der Waals surface area contributed by atoms with E-state index >= 15 is 0 Å². The second kappa shape index (κ2) is 11.7. The molecule has 3 rings (SSSR count). The molecule has 0 unspecified atom stereocenters. The van der Waals surface area contributed by atoms with E-state index in [2.05, 4.69) is 63.8 Å². The van der Waals surface area contributed by atoms with Crippen molar-refractivity contribution in [3.63, 3.8) is 0 Å². The highest BCUT2D eigenvalue weighted by Crippen LogP contribution is 2.22. The topological polar surface area (TPSA) is 55.4 Å². The highest BCUT2D eigenvalue weighted by Gasteiger charge is 2.17. The molecule has 1 aliphatic heterocycles. The summed E-state index contributed by atoms with van der Waals surface area (Å²) in [5.41, 5.74) is 3.93. The van der Waals surface area contributed by atoms with Crippen molar-refractivity contribution in [3.05, 3.63) is 35.5 Å². The second-order valence-corrected chi connectivity index (χ2v) is 7.65. The molecule has 1 aliphatic rings. The lowest BCUT2D eigenvalue weighted by Crippen LogP contribution is -2.40. The molecule has 0 atom stereocenters. The van der Waals surface area contributed by atoms with Crippen LogP contribution in [0.15, 0.2) is 29.4 Å². The van der Waals surface area contributed by atoms with Crippen LogP contribution in [0.4, 0.5) is 0 Å². The van der Waals surface area contributed by atoms with Crippen molar-refractivity contribution in [1.82, 2.24) is 20.5 Å². The van der Waals surface area contributed by atoms with E-state index < -0.39 is 0 Å². The molecule has 1 aromatic heterocycles. The third-order valence-corrected chi connectivity index (χ3v) is 5.91. The van der Waals surface area contributed by atoms with Gasteiger partial charge in [-0.3, -0.25) is 4.99 Å². The standard InChI is InChI=1S/C22H35N5.HI/c1-4-27-14-10-18(11-15-27)8-12-24-22(23-3)25-13-9-19-16-26-20-7-5-6-17(2)21(19)20;/h5-7,16,18,26H,4,8-15H2,1-3H3,(H2,23,24,25);1H. The van der Waals surface area contributed by atoms with E-state index in [1.165, 1.54) is 60.9 Å². The molecule has 28 heavy (non-hydrogen) atoms. The molecule has 2 heterocycles. The molecule has 0 amide bonds. The number of fused-ring (bicyclic) bond motifs is 1. The lowest BCUT2D eigenvalue weighted by molar-refractivity contribution is 0.187. The Kier molecular flexibility index (Phi) is 9.58. The van der Waals surface area contributed by atoms with Crippen molar-refractivity contribution in [2.24, 2.45) is 10.9 Å². The SMILES string of the molecule is CCN1CCC(CCNC(=NC)NCCc2c[nH]c3cccc(C)c23)CC1.I. The van der Waals surface area contributed by atoms with E-state index in [-0.39, 0.29) is 24.0 Å². The molecule has 0 radical (unpaired) electrons. The highest BCUT2D eigenvalue weighted by molar-refractivity contribution is 14.0. The number of aryl methyl sites for hydroxylation is 1. The molecule has 6 heteroatoms. The van der Waals surface area contributed by atoms with Gasteiger partial charge in [-0.05, 0) is 75.4 Å². The molecule has 3 N–H and O–H groups in total. The van der Waals surface area contributed by atoms with E-state index in [1.807, 2.05) is 7.05 Å². The van der Waals surface area contributed by atoms with Gasteiger partial charge in [0.2, 0.25) is 0 Å². The van der Waals surface area contributed by atoms with Gasteiger partial charge in [0.1, 0.15) is 0 Å². The minimum atomic E-state index is 0. The predicted molar refractivity (Wildman–Crippen MR) is 131 cm³/mol. The summed E-state index contributed by atoms with van der Waals surface area (Å²) in [5, 5.41) is 8.31. The lowest BCUT2D eigenvalue weighted by atomic mass is 9.93. The summed E-state index contributed by atoms with van der Waals surface area (Å²) in [6.45, 7) is 10.0. The summed E-state index contributed by atoms with van der Waals surface area (Å²) in [5.74, 6) is 1.77. The maximum absolute atomic E-state index is 4.37. The number of likely N-dealkylation sites (tertiary alicyclic amines) is 1. The van der Waals surface area contributed by atoms with Gasteiger partial charge in [-0.25, -0.2) is 0 Å². The quantitative estimate of drug-likeness (QED) is 0.309. The van der Waals surface area contributed by atoms with Gasteiger partial charge in [0, 0.05) is 37.2 Å². The van der Waals surface area contributed by atoms with Crippen molar-refractivity contribution >= 4 is 40.8 Å². The van der Waals surface area contributed by atoms with Gasteiger partial charge >= 0.3 is 0 Å². The third kappa shape index (κ3) is 6.11. The minimum absolute atomic E-state index is 0. The summed E-state index contributed by atoms with van der Waals surface area (Å²) in [6.07, 6.45) is 7.03. The van der Waals surface area contributed by atoms with Crippen LogP contribution in [0.3, 0.4) is 0 Å².